The van der Waals surface area contributed by atoms with Gasteiger partial charge in [-0.15, -0.1) is 0 Å². The molecule has 4 heteroatoms. The van der Waals surface area contributed by atoms with E-state index < -0.39 is 5.97 Å². The van der Waals surface area contributed by atoms with Crippen molar-refractivity contribution in [3.63, 3.8) is 0 Å². The molecule has 1 N–H and O–H groups in total. The van der Waals surface area contributed by atoms with E-state index in [1.807, 2.05) is 30.3 Å². The standard InChI is InChI=1S/C14H15NO3/c1-10-12(14(17)18)9-13(16)15(10)8-7-11-5-3-2-4-6-11/h2-6H,7-9H2,1H3,(H,17,18). The molecule has 1 aromatic carbocycles. The van der Waals surface area contributed by atoms with Crippen molar-refractivity contribution >= 4 is 11.9 Å². The van der Waals surface area contributed by atoms with Crippen LogP contribution in [0.2, 0.25) is 0 Å². The fraction of sp³-hybridized carbons (Fsp3) is 0.286. The molecule has 94 valence electrons. The summed E-state index contributed by atoms with van der Waals surface area (Å²) in [5.74, 6) is -1.12. The Morgan fingerprint density at radius 3 is 2.56 bits per heavy atom. The predicted octanol–water partition coefficient (Wildman–Crippen LogP) is 1.82. The van der Waals surface area contributed by atoms with Crippen LogP contribution in [0.3, 0.4) is 0 Å². The second-order valence-corrected chi connectivity index (χ2v) is 4.33. The van der Waals surface area contributed by atoms with Gasteiger partial charge in [-0.3, -0.25) is 4.79 Å². The van der Waals surface area contributed by atoms with Crippen LogP contribution in [0.15, 0.2) is 41.6 Å². The maximum Gasteiger partial charge on any atom is 0.333 e. The monoisotopic (exact) mass is 245 g/mol. The lowest BCUT2D eigenvalue weighted by molar-refractivity contribution is -0.134. The zero-order valence-corrected chi connectivity index (χ0v) is 10.2. The Balaban J connectivity index is 2.06. The van der Waals surface area contributed by atoms with Crippen LogP contribution in [0.5, 0.6) is 0 Å². The minimum atomic E-state index is -0.997. The van der Waals surface area contributed by atoms with Gasteiger partial charge in [0.15, 0.2) is 0 Å². The van der Waals surface area contributed by atoms with Crippen molar-refractivity contribution in [2.45, 2.75) is 19.8 Å². The molecule has 0 atom stereocenters. The molecule has 0 saturated heterocycles. The summed E-state index contributed by atoms with van der Waals surface area (Å²) >= 11 is 0. The number of rotatable bonds is 4. The molecule has 1 aliphatic heterocycles. The number of carbonyl (C=O) groups excluding carboxylic acids is 1. The fourth-order valence-electron chi connectivity index (χ4n) is 2.13. The van der Waals surface area contributed by atoms with Gasteiger partial charge >= 0.3 is 5.97 Å². The molecule has 1 amide bonds. The molecule has 0 radical (unpaired) electrons. The first kappa shape index (κ1) is 12.4. The Bertz CT molecular complexity index is 505. The molecule has 0 spiro atoms. The SMILES string of the molecule is CC1=C(C(=O)O)CC(=O)N1CCc1ccccc1. The van der Waals surface area contributed by atoms with Crippen LogP contribution in [0, 0.1) is 0 Å². The number of amides is 1. The van der Waals surface area contributed by atoms with Gasteiger partial charge in [0.1, 0.15) is 0 Å². The highest BCUT2D eigenvalue weighted by Crippen LogP contribution is 2.24. The first-order chi connectivity index (χ1) is 8.59. The van der Waals surface area contributed by atoms with Crippen LogP contribution < -0.4 is 0 Å². The summed E-state index contributed by atoms with van der Waals surface area (Å²) in [5.41, 5.74) is 1.93. The van der Waals surface area contributed by atoms with Gasteiger partial charge in [0.2, 0.25) is 5.91 Å². The molecule has 0 unspecified atom stereocenters. The highest BCUT2D eigenvalue weighted by Gasteiger charge is 2.30. The summed E-state index contributed by atoms with van der Waals surface area (Å²) in [6.45, 7) is 2.23. The van der Waals surface area contributed by atoms with E-state index in [0.717, 1.165) is 12.0 Å². The van der Waals surface area contributed by atoms with Crippen molar-refractivity contribution in [3.8, 4) is 0 Å². The number of carboxylic acid groups (broad SMARTS) is 1. The minimum absolute atomic E-state index is 0.00988. The van der Waals surface area contributed by atoms with Crippen LogP contribution in [0.25, 0.3) is 0 Å². The van der Waals surface area contributed by atoms with Gasteiger partial charge < -0.3 is 10.0 Å². The first-order valence-corrected chi connectivity index (χ1v) is 5.87. The van der Waals surface area contributed by atoms with Crippen molar-refractivity contribution in [3.05, 3.63) is 47.2 Å². The second kappa shape index (κ2) is 5.04. The summed E-state index contributed by atoms with van der Waals surface area (Å²) in [6, 6.07) is 9.84. The molecule has 1 aromatic rings. The van der Waals surface area contributed by atoms with E-state index in [4.69, 9.17) is 5.11 Å². The number of carbonyl (C=O) groups is 2. The maximum atomic E-state index is 11.7. The van der Waals surface area contributed by atoms with Crippen molar-refractivity contribution in [2.24, 2.45) is 0 Å². The molecule has 0 saturated carbocycles. The van der Waals surface area contributed by atoms with E-state index in [9.17, 15) is 9.59 Å². The van der Waals surface area contributed by atoms with E-state index in [1.165, 1.54) is 0 Å². The number of benzene rings is 1. The number of carboxylic acids is 1. The minimum Gasteiger partial charge on any atom is -0.478 e. The molecule has 0 bridgehead atoms. The molecular weight excluding hydrogens is 230 g/mol. The molecule has 0 fully saturated rings. The average molecular weight is 245 g/mol. The molecule has 1 aliphatic rings. The van der Waals surface area contributed by atoms with Crippen molar-refractivity contribution in [1.29, 1.82) is 0 Å². The van der Waals surface area contributed by atoms with Crippen LogP contribution in [-0.4, -0.2) is 28.4 Å². The Hall–Kier alpha value is -2.10. The lowest BCUT2D eigenvalue weighted by Crippen LogP contribution is -2.26. The van der Waals surface area contributed by atoms with Gasteiger partial charge in [-0.25, -0.2) is 4.79 Å². The maximum absolute atomic E-state index is 11.7. The Morgan fingerprint density at radius 2 is 2.00 bits per heavy atom. The van der Waals surface area contributed by atoms with E-state index in [2.05, 4.69) is 0 Å². The van der Waals surface area contributed by atoms with Gasteiger partial charge in [0, 0.05) is 12.2 Å². The highest BCUT2D eigenvalue weighted by molar-refractivity contribution is 5.99. The van der Waals surface area contributed by atoms with E-state index >= 15 is 0 Å². The zero-order valence-electron chi connectivity index (χ0n) is 10.2. The third-order valence-electron chi connectivity index (χ3n) is 3.20. The average Bonchev–Trinajstić information content (AvgIpc) is 2.64. The molecule has 0 aromatic heterocycles. The van der Waals surface area contributed by atoms with Crippen molar-refractivity contribution in [2.75, 3.05) is 6.54 Å². The summed E-state index contributed by atoms with van der Waals surface area (Å²) in [6.07, 6.45) is 0.743. The van der Waals surface area contributed by atoms with Crippen molar-refractivity contribution in [1.82, 2.24) is 4.90 Å². The van der Waals surface area contributed by atoms with E-state index in [0.29, 0.717) is 12.2 Å². The smallest absolute Gasteiger partial charge is 0.333 e. The van der Waals surface area contributed by atoms with Gasteiger partial charge in [-0.2, -0.15) is 0 Å². The summed E-state index contributed by atoms with van der Waals surface area (Å²) in [5, 5.41) is 8.97. The first-order valence-electron chi connectivity index (χ1n) is 5.87. The molecule has 4 nitrogen and oxygen atoms in total. The van der Waals surface area contributed by atoms with Gasteiger partial charge in [0.05, 0.1) is 12.0 Å². The molecule has 0 aliphatic carbocycles. The third kappa shape index (κ3) is 2.42. The highest BCUT2D eigenvalue weighted by atomic mass is 16.4. The zero-order chi connectivity index (χ0) is 13.1. The van der Waals surface area contributed by atoms with Crippen LogP contribution in [0.1, 0.15) is 18.9 Å². The number of nitrogens with zero attached hydrogens (tertiary/aromatic N) is 1. The molecular formula is C14H15NO3. The summed E-state index contributed by atoms with van der Waals surface area (Å²) < 4.78 is 0. The second-order valence-electron chi connectivity index (χ2n) is 4.33. The van der Waals surface area contributed by atoms with E-state index in [1.54, 1.807) is 11.8 Å². The lowest BCUT2D eigenvalue weighted by Gasteiger charge is -2.17. The molecule has 2 rings (SSSR count). The number of hydrogen-bond donors (Lipinski definition) is 1. The predicted molar refractivity (Wildman–Crippen MR) is 66.8 cm³/mol. The largest absolute Gasteiger partial charge is 0.478 e. The topological polar surface area (TPSA) is 57.6 Å². The van der Waals surface area contributed by atoms with Crippen LogP contribution in [0.4, 0.5) is 0 Å². The summed E-state index contributed by atoms with van der Waals surface area (Å²) in [7, 11) is 0. The van der Waals surface area contributed by atoms with Gasteiger partial charge in [0.25, 0.3) is 0 Å². The Kier molecular flexibility index (Phi) is 3.46. The van der Waals surface area contributed by atoms with Crippen LogP contribution >= 0.6 is 0 Å². The van der Waals surface area contributed by atoms with E-state index in [-0.39, 0.29) is 17.9 Å². The normalized spacial score (nSPS) is 15.4. The van der Waals surface area contributed by atoms with Gasteiger partial charge in [-0.1, -0.05) is 30.3 Å². The quantitative estimate of drug-likeness (QED) is 0.880. The summed E-state index contributed by atoms with van der Waals surface area (Å²) in [4.78, 5) is 24.2. The molecule has 1 heterocycles. The van der Waals surface area contributed by atoms with Crippen molar-refractivity contribution < 1.29 is 14.7 Å². The number of allylic oxidation sites excluding steroid dienone is 1. The van der Waals surface area contributed by atoms with Crippen LogP contribution in [-0.2, 0) is 16.0 Å². The fourth-order valence-corrected chi connectivity index (χ4v) is 2.13. The Labute approximate surface area is 106 Å². The number of hydrogen-bond acceptors (Lipinski definition) is 2. The third-order valence-corrected chi connectivity index (χ3v) is 3.20. The van der Waals surface area contributed by atoms with Gasteiger partial charge in [-0.05, 0) is 18.9 Å². The number of aliphatic carboxylic acids is 1. The lowest BCUT2D eigenvalue weighted by atomic mass is 10.1. The Morgan fingerprint density at radius 1 is 1.33 bits per heavy atom. The molecule has 18 heavy (non-hydrogen) atoms.